The van der Waals surface area contributed by atoms with E-state index in [1.165, 1.54) is 18.2 Å². The van der Waals surface area contributed by atoms with Crippen molar-refractivity contribution in [1.82, 2.24) is 0 Å². The van der Waals surface area contributed by atoms with E-state index in [1.807, 2.05) is 44.2 Å². The number of hydrogen-bond acceptors (Lipinski definition) is 5. The Bertz CT molecular complexity index is 1540. The van der Waals surface area contributed by atoms with Crippen LogP contribution in [0.5, 0.6) is 11.5 Å². The highest BCUT2D eigenvalue weighted by Crippen LogP contribution is 2.31. The zero-order chi connectivity index (χ0) is 29.4. The van der Waals surface area contributed by atoms with Crippen molar-refractivity contribution in [3.05, 3.63) is 119 Å². The zero-order valence-electron chi connectivity index (χ0n) is 24.9. The number of fused-ring (bicyclic) bond motifs is 1. The van der Waals surface area contributed by atoms with Crippen LogP contribution < -0.4 is 9.47 Å². The minimum atomic E-state index is -0.709. The molecule has 1 aromatic heterocycles. The first-order valence-electron chi connectivity index (χ1n) is 14.8. The predicted octanol–water partition coefficient (Wildman–Crippen LogP) is 8.34. The van der Waals surface area contributed by atoms with E-state index in [0.717, 1.165) is 77.9 Å². The Kier molecular flexibility index (Phi) is 9.48. The molecule has 0 amide bonds. The third-order valence-corrected chi connectivity index (χ3v) is 7.90. The van der Waals surface area contributed by atoms with Crippen LogP contribution in [0.15, 0.2) is 101 Å². The predicted molar refractivity (Wildman–Crippen MR) is 167 cm³/mol. The van der Waals surface area contributed by atoms with Gasteiger partial charge < -0.3 is 18.6 Å². The topological polar surface area (TPSA) is 57.9 Å². The van der Waals surface area contributed by atoms with Crippen molar-refractivity contribution in [3.63, 3.8) is 0 Å². The molecule has 4 aromatic rings. The molecule has 1 heterocycles. The molecule has 0 aliphatic heterocycles. The summed E-state index contributed by atoms with van der Waals surface area (Å²) in [6.45, 7) is 4.87. The van der Waals surface area contributed by atoms with Crippen molar-refractivity contribution in [3.8, 4) is 11.5 Å². The summed E-state index contributed by atoms with van der Waals surface area (Å²) in [5.74, 6) is 2.40. The summed E-state index contributed by atoms with van der Waals surface area (Å²) in [5.41, 5.74) is 4.81. The highest BCUT2D eigenvalue weighted by Gasteiger charge is 2.30. The fraction of sp³-hybridized carbons (Fsp3) is 0.324. The molecule has 1 aliphatic rings. The summed E-state index contributed by atoms with van der Waals surface area (Å²) >= 11 is 0. The molecule has 218 valence electrons. The maximum absolute atomic E-state index is 12.1. The van der Waals surface area contributed by atoms with Crippen LogP contribution in [0.1, 0.15) is 55.6 Å². The van der Waals surface area contributed by atoms with Gasteiger partial charge in [0, 0.05) is 11.8 Å². The van der Waals surface area contributed by atoms with Gasteiger partial charge in [0.15, 0.2) is 0 Å². The number of ether oxygens (including phenoxy) is 3. The Morgan fingerprint density at radius 3 is 2.48 bits per heavy atom. The van der Waals surface area contributed by atoms with Crippen molar-refractivity contribution in [2.24, 2.45) is 0 Å². The van der Waals surface area contributed by atoms with Crippen LogP contribution in [0, 0.1) is 0 Å². The first-order chi connectivity index (χ1) is 20.4. The molecule has 5 rings (SSSR count). The van der Waals surface area contributed by atoms with Gasteiger partial charge in [0.05, 0.1) is 19.1 Å². The molecule has 0 spiro atoms. The number of carbonyl (C=O) groups excluding carboxylic acids is 1. The lowest BCUT2D eigenvalue weighted by molar-refractivity contribution is -0.146. The standard InChI is InChI=1S/C37H40O5/c1-37(2,36(38)39-3)31-17-20-32(21-18-31)40-22-10-15-29-24-35-30(25-34(29)41-26-28-13-8-5-9-14-28)23-33(42-35)19-16-27-11-6-4-7-12-27/h4-8,11-13,17-18,20-21,23-25H,9-10,14-16,19,22,26H2,1-3H3. The van der Waals surface area contributed by atoms with Gasteiger partial charge in [0.1, 0.15) is 29.4 Å². The average molecular weight is 565 g/mol. The molecule has 0 N–H and O–H groups in total. The third kappa shape index (κ3) is 7.33. The fourth-order valence-electron chi connectivity index (χ4n) is 5.26. The molecule has 5 nitrogen and oxygen atoms in total. The molecular weight excluding hydrogens is 524 g/mol. The van der Waals surface area contributed by atoms with Crippen LogP contribution >= 0.6 is 0 Å². The van der Waals surface area contributed by atoms with Gasteiger partial charge in [-0.25, -0.2) is 0 Å². The largest absolute Gasteiger partial charge is 0.494 e. The summed E-state index contributed by atoms with van der Waals surface area (Å²) in [6.07, 6.45) is 12.0. The quantitative estimate of drug-likeness (QED) is 0.121. The van der Waals surface area contributed by atoms with Gasteiger partial charge in [-0.2, -0.15) is 0 Å². The molecule has 42 heavy (non-hydrogen) atoms. The molecule has 3 aromatic carbocycles. The molecule has 0 atom stereocenters. The normalized spacial score (nSPS) is 13.2. The fourth-order valence-corrected chi connectivity index (χ4v) is 5.26. The van der Waals surface area contributed by atoms with Gasteiger partial charge in [0.2, 0.25) is 0 Å². The number of esters is 1. The van der Waals surface area contributed by atoms with Gasteiger partial charge >= 0.3 is 5.97 Å². The molecule has 1 aliphatic carbocycles. The Morgan fingerprint density at radius 2 is 1.74 bits per heavy atom. The Hall–Kier alpha value is -4.25. The van der Waals surface area contributed by atoms with Crippen LogP contribution in [0.25, 0.3) is 11.0 Å². The summed E-state index contributed by atoms with van der Waals surface area (Å²) in [4.78, 5) is 12.1. The number of rotatable bonds is 13. The Morgan fingerprint density at radius 1 is 0.929 bits per heavy atom. The van der Waals surface area contributed by atoms with Gasteiger partial charge in [-0.05, 0) is 98.5 Å². The summed E-state index contributed by atoms with van der Waals surface area (Å²) in [6, 6.07) is 24.6. The van der Waals surface area contributed by atoms with E-state index in [1.54, 1.807) is 0 Å². The zero-order valence-corrected chi connectivity index (χ0v) is 24.9. The van der Waals surface area contributed by atoms with Gasteiger partial charge in [-0.15, -0.1) is 0 Å². The van der Waals surface area contributed by atoms with E-state index >= 15 is 0 Å². The SMILES string of the molecule is COC(=O)C(C)(C)c1ccc(OCCCc2cc3oc(CCc4ccccc4)cc3cc2OCC2=CC=CCC2)cc1. The summed E-state index contributed by atoms with van der Waals surface area (Å²) in [7, 11) is 1.41. The monoisotopic (exact) mass is 564 g/mol. The van der Waals surface area contributed by atoms with Crippen molar-refractivity contribution in [1.29, 1.82) is 0 Å². The lowest BCUT2D eigenvalue weighted by Gasteiger charge is -2.22. The van der Waals surface area contributed by atoms with Gasteiger partial charge in [-0.1, -0.05) is 60.7 Å². The van der Waals surface area contributed by atoms with E-state index in [-0.39, 0.29) is 5.97 Å². The smallest absolute Gasteiger partial charge is 0.315 e. The van der Waals surface area contributed by atoms with Crippen LogP contribution in [-0.2, 0) is 34.2 Å². The molecule has 5 heteroatoms. The van der Waals surface area contributed by atoms with E-state index < -0.39 is 5.41 Å². The highest BCUT2D eigenvalue weighted by molar-refractivity contribution is 5.82. The first kappa shape index (κ1) is 29.2. The van der Waals surface area contributed by atoms with Crippen LogP contribution in [0.2, 0.25) is 0 Å². The first-order valence-corrected chi connectivity index (χ1v) is 14.8. The average Bonchev–Trinajstić information content (AvgIpc) is 3.43. The highest BCUT2D eigenvalue weighted by atomic mass is 16.5. The van der Waals surface area contributed by atoms with E-state index in [0.29, 0.717) is 13.2 Å². The number of benzene rings is 3. The van der Waals surface area contributed by atoms with E-state index in [2.05, 4.69) is 60.7 Å². The number of hydrogen-bond donors (Lipinski definition) is 0. The number of aryl methyl sites for hydroxylation is 3. The molecular formula is C37H40O5. The molecule has 0 fully saturated rings. The summed E-state index contributed by atoms with van der Waals surface area (Å²) in [5, 5.41) is 1.07. The molecule has 0 saturated carbocycles. The molecule has 0 radical (unpaired) electrons. The van der Waals surface area contributed by atoms with E-state index in [4.69, 9.17) is 18.6 Å². The van der Waals surface area contributed by atoms with Crippen LogP contribution in [0.4, 0.5) is 0 Å². The minimum absolute atomic E-state index is 0.262. The van der Waals surface area contributed by atoms with Gasteiger partial charge in [0.25, 0.3) is 0 Å². The van der Waals surface area contributed by atoms with Crippen LogP contribution in [-0.4, -0.2) is 26.3 Å². The van der Waals surface area contributed by atoms with Crippen molar-refractivity contribution in [2.75, 3.05) is 20.3 Å². The maximum atomic E-state index is 12.1. The summed E-state index contributed by atoms with van der Waals surface area (Å²) < 4.78 is 23.7. The second-order valence-electron chi connectivity index (χ2n) is 11.4. The number of carbonyl (C=O) groups is 1. The third-order valence-electron chi connectivity index (χ3n) is 7.90. The van der Waals surface area contributed by atoms with E-state index in [9.17, 15) is 4.79 Å². The Balaban J connectivity index is 1.24. The molecule has 0 bridgehead atoms. The number of methoxy groups -OCH3 is 1. The molecule has 0 unspecified atom stereocenters. The number of allylic oxidation sites excluding steroid dienone is 3. The van der Waals surface area contributed by atoms with Crippen molar-refractivity contribution >= 4 is 16.9 Å². The lowest BCUT2D eigenvalue weighted by Crippen LogP contribution is -2.30. The van der Waals surface area contributed by atoms with Gasteiger partial charge in [-0.3, -0.25) is 4.79 Å². The molecule has 0 saturated heterocycles. The second kappa shape index (κ2) is 13.6. The number of furan rings is 1. The second-order valence-corrected chi connectivity index (χ2v) is 11.4. The van der Waals surface area contributed by atoms with Crippen molar-refractivity contribution < 1.29 is 23.4 Å². The maximum Gasteiger partial charge on any atom is 0.315 e. The van der Waals surface area contributed by atoms with Crippen molar-refractivity contribution in [2.45, 2.75) is 57.8 Å². The lowest BCUT2D eigenvalue weighted by atomic mass is 9.85. The minimum Gasteiger partial charge on any atom is -0.494 e. The van der Waals surface area contributed by atoms with Crippen LogP contribution in [0.3, 0.4) is 0 Å². The Labute approximate surface area is 248 Å².